The molecular formula is C18H18Cl2N4O3. The van der Waals surface area contributed by atoms with E-state index in [4.69, 9.17) is 27.9 Å². The number of nitrogens with zero attached hydrogens (tertiary/aromatic N) is 2. The molecule has 0 bridgehead atoms. The number of para-hydroxylation sites is 2. The summed E-state index contributed by atoms with van der Waals surface area (Å²) in [7, 11) is 0. The van der Waals surface area contributed by atoms with Crippen molar-refractivity contribution in [2.45, 2.75) is 6.42 Å². The van der Waals surface area contributed by atoms with Crippen molar-refractivity contribution in [3.8, 4) is 5.75 Å². The third-order valence-corrected chi connectivity index (χ3v) is 4.41. The summed E-state index contributed by atoms with van der Waals surface area (Å²) in [6, 6.07) is 8.87. The quantitative estimate of drug-likeness (QED) is 0.688. The fourth-order valence-electron chi connectivity index (χ4n) is 2.63. The highest BCUT2D eigenvalue weighted by Crippen LogP contribution is 2.31. The number of hydrogen-bond acceptors (Lipinski definition) is 5. The number of rotatable bonds is 7. The van der Waals surface area contributed by atoms with Gasteiger partial charge in [-0.3, -0.25) is 9.59 Å². The lowest BCUT2D eigenvalue weighted by molar-refractivity contribution is -0.122. The molecule has 7 nitrogen and oxygen atoms in total. The molecule has 0 saturated heterocycles. The topological polar surface area (TPSA) is 83.6 Å². The molecular weight excluding hydrogens is 391 g/mol. The molecule has 27 heavy (non-hydrogen) atoms. The first kappa shape index (κ1) is 19.3. The van der Waals surface area contributed by atoms with Gasteiger partial charge in [0.15, 0.2) is 6.61 Å². The molecule has 0 spiro atoms. The predicted octanol–water partition coefficient (Wildman–Crippen LogP) is 2.73. The average Bonchev–Trinajstić information content (AvgIpc) is 2.66. The molecule has 9 heteroatoms. The van der Waals surface area contributed by atoms with Gasteiger partial charge in [0.25, 0.3) is 5.91 Å². The smallest absolute Gasteiger partial charge is 0.265 e. The van der Waals surface area contributed by atoms with Crippen molar-refractivity contribution in [2.24, 2.45) is 0 Å². The van der Waals surface area contributed by atoms with Crippen molar-refractivity contribution in [3.63, 3.8) is 0 Å². The molecule has 142 valence electrons. The van der Waals surface area contributed by atoms with Crippen LogP contribution in [-0.4, -0.2) is 43.0 Å². The molecule has 3 rings (SSSR count). The van der Waals surface area contributed by atoms with Crippen LogP contribution in [0.3, 0.4) is 0 Å². The molecule has 2 amide bonds. The maximum atomic E-state index is 12.1. The molecule has 0 fully saturated rings. The van der Waals surface area contributed by atoms with E-state index in [9.17, 15) is 9.59 Å². The first-order valence-corrected chi connectivity index (χ1v) is 9.14. The first-order chi connectivity index (χ1) is 13.0. The number of anilines is 2. The Hall–Kier alpha value is -2.51. The standard InChI is InChI=1S/C18H18Cl2N4O3/c19-12-9-13(20)18(23-10-12)22-7-6-21-16(25)5-8-24-14-3-1-2-4-15(14)27-11-17(24)26/h1-4,9-10H,5-8,11H2,(H,21,25)(H,22,23). The molecule has 1 aromatic heterocycles. The molecule has 0 aliphatic carbocycles. The Labute approximate surface area is 166 Å². The minimum Gasteiger partial charge on any atom is -0.482 e. The summed E-state index contributed by atoms with van der Waals surface area (Å²) in [4.78, 5) is 29.8. The van der Waals surface area contributed by atoms with Crippen molar-refractivity contribution < 1.29 is 14.3 Å². The van der Waals surface area contributed by atoms with Gasteiger partial charge in [-0.05, 0) is 18.2 Å². The monoisotopic (exact) mass is 408 g/mol. The van der Waals surface area contributed by atoms with Crippen molar-refractivity contribution in [3.05, 3.63) is 46.6 Å². The lowest BCUT2D eigenvalue weighted by atomic mass is 10.2. The Balaban J connectivity index is 1.43. The van der Waals surface area contributed by atoms with Crippen LogP contribution in [-0.2, 0) is 9.59 Å². The minimum atomic E-state index is -0.161. The molecule has 0 radical (unpaired) electrons. The number of aromatic nitrogens is 1. The molecule has 0 atom stereocenters. The summed E-state index contributed by atoms with van der Waals surface area (Å²) in [6.45, 7) is 1.13. The second-order valence-electron chi connectivity index (χ2n) is 5.81. The third kappa shape index (κ3) is 5.02. The van der Waals surface area contributed by atoms with E-state index >= 15 is 0 Å². The number of carbonyl (C=O) groups excluding carboxylic acids is 2. The van der Waals surface area contributed by atoms with E-state index in [1.807, 2.05) is 12.1 Å². The summed E-state index contributed by atoms with van der Waals surface area (Å²) < 4.78 is 5.39. The largest absolute Gasteiger partial charge is 0.482 e. The lowest BCUT2D eigenvalue weighted by Gasteiger charge is -2.29. The van der Waals surface area contributed by atoms with E-state index in [1.165, 1.54) is 6.20 Å². The Bertz CT molecular complexity index is 847. The van der Waals surface area contributed by atoms with Gasteiger partial charge in [-0.1, -0.05) is 35.3 Å². The summed E-state index contributed by atoms with van der Waals surface area (Å²) in [5.41, 5.74) is 0.687. The molecule has 0 unspecified atom stereocenters. The maximum absolute atomic E-state index is 12.1. The molecule has 1 aromatic carbocycles. The van der Waals surface area contributed by atoms with Crippen LogP contribution in [0.4, 0.5) is 11.5 Å². The fraction of sp³-hybridized carbons (Fsp3) is 0.278. The Kier molecular flexibility index (Phi) is 6.36. The van der Waals surface area contributed by atoms with Gasteiger partial charge in [-0.15, -0.1) is 0 Å². The zero-order valence-electron chi connectivity index (χ0n) is 14.4. The molecule has 2 aromatic rings. The van der Waals surface area contributed by atoms with Crippen LogP contribution < -0.4 is 20.3 Å². The van der Waals surface area contributed by atoms with E-state index < -0.39 is 0 Å². The van der Waals surface area contributed by atoms with E-state index in [1.54, 1.807) is 23.1 Å². The lowest BCUT2D eigenvalue weighted by Crippen LogP contribution is -2.41. The van der Waals surface area contributed by atoms with Crippen LogP contribution in [0, 0.1) is 0 Å². The number of hydrogen-bond donors (Lipinski definition) is 2. The van der Waals surface area contributed by atoms with Crippen molar-refractivity contribution in [1.82, 2.24) is 10.3 Å². The van der Waals surface area contributed by atoms with Gasteiger partial charge >= 0.3 is 0 Å². The summed E-state index contributed by atoms with van der Waals surface area (Å²) in [5.74, 6) is 0.843. The van der Waals surface area contributed by atoms with Crippen LogP contribution in [0.5, 0.6) is 5.75 Å². The first-order valence-electron chi connectivity index (χ1n) is 8.38. The number of carbonyl (C=O) groups is 2. The molecule has 2 N–H and O–H groups in total. The fourth-order valence-corrected chi connectivity index (χ4v) is 3.08. The predicted molar refractivity (Wildman–Crippen MR) is 105 cm³/mol. The molecule has 1 aliphatic rings. The summed E-state index contributed by atoms with van der Waals surface area (Å²) >= 11 is 11.8. The van der Waals surface area contributed by atoms with Gasteiger partial charge in [0.05, 0.1) is 15.7 Å². The average molecular weight is 409 g/mol. The van der Waals surface area contributed by atoms with E-state index in [2.05, 4.69) is 15.6 Å². The summed E-state index contributed by atoms with van der Waals surface area (Å²) in [6.07, 6.45) is 1.69. The third-order valence-electron chi connectivity index (χ3n) is 3.92. The van der Waals surface area contributed by atoms with Crippen LogP contribution in [0.2, 0.25) is 10.0 Å². The number of benzene rings is 1. The van der Waals surface area contributed by atoms with Crippen LogP contribution >= 0.6 is 23.2 Å². The van der Waals surface area contributed by atoms with Gasteiger partial charge in [-0.2, -0.15) is 0 Å². The minimum absolute atomic E-state index is 0.0165. The normalized spacial score (nSPS) is 13.0. The van der Waals surface area contributed by atoms with Gasteiger partial charge < -0.3 is 20.3 Å². The van der Waals surface area contributed by atoms with Crippen LogP contribution in [0.1, 0.15) is 6.42 Å². The number of ether oxygens (including phenoxy) is 1. The Morgan fingerprint density at radius 3 is 2.89 bits per heavy atom. The van der Waals surface area contributed by atoms with E-state index in [0.717, 1.165) is 0 Å². The number of amides is 2. The number of nitrogens with one attached hydrogen (secondary N) is 2. The summed E-state index contributed by atoms with van der Waals surface area (Å²) in [5, 5.41) is 6.69. The number of pyridine rings is 1. The highest BCUT2D eigenvalue weighted by atomic mass is 35.5. The Morgan fingerprint density at radius 2 is 2.07 bits per heavy atom. The molecule has 1 aliphatic heterocycles. The second-order valence-corrected chi connectivity index (χ2v) is 6.66. The zero-order chi connectivity index (χ0) is 19.2. The van der Waals surface area contributed by atoms with E-state index in [0.29, 0.717) is 46.9 Å². The molecule has 2 heterocycles. The SMILES string of the molecule is O=C(CCN1C(=O)COc2ccccc21)NCCNc1ncc(Cl)cc1Cl. The van der Waals surface area contributed by atoms with Crippen molar-refractivity contribution in [1.29, 1.82) is 0 Å². The van der Waals surface area contributed by atoms with Crippen molar-refractivity contribution in [2.75, 3.05) is 36.5 Å². The highest BCUT2D eigenvalue weighted by Gasteiger charge is 2.25. The van der Waals surface area contributed by atoms with Gasteiger partial charge in [0.2, 0.25) is 5.91 Å². The van der Waals surface area contributed by atoms with Gasteiger partial charge in [-0.25, -0.2) is 4.98 Å². The molecule has 0 saturated carbocycles. The van der Waals surface area contributed by atoms with Crippen LogP contribution in [0.15, 0.2) is 36.5 Å². The Morgan fingerprint density at radius 1 is 1.26 bits per heavy atom. The number of fused-ring (bicyclic) bond motifs is 1. The van der Waals surface area contributed by atoms with E-state index in [-0.39, 0.29) is 24.8 Å². The number of halogens is 2. The van der Waals surface area contributed by atoms with Gasteiger partial charge in [0, 0.05) is 32.3 Å². The van der Waals surface area contributed by atoms with Crippen molar-refractivity contribution >= 4 is 46.5 Å². The van der Waals surface area contributed by atoms with Crippen LogP contribution in [0.25, 0.3) is 0 Å². The maximum Gasteiger partial charge on any atom is 0.265 e. The highest BCUT2D eigenvalue weighted by molar-refractivity contribution is 6.35. The second kappa shape index (κ2) is 8.92. The zero-order valence-corrected chi connectivity index (χ0v) is 15.9. The van der Waals surface area contributed by atoms with Gasteiger partial charge in [0.1, 0.15) is 11.6 Å².